The summed E-state index contributed by atoms with van der Waals surface area (Å²) in [6, 6.07) is 0. The van der Waals surface area contributed by atoms with Crippen LogP contribution in [0.1, 0.15) is 72.1 Å². The topological polar surface area (TPSA) is 52.6 Å². The summed E-state index contributed by atoms with van der Waals surface area (Å²) in [5.41, 5.74) is 0. The summed E-state index contributed by atoms with van der Waals surface area (Å²) >= 11 is -2.12. The van der Waals surface area contributed by atoms with Gasteiger partial charge in [0.25, 0.3) is 0 Å². The van der Waals surface area contributed by atoms with Gasteiger partial charge in [-0.3, -0.25) is 0 Å². The van der Waals surface area contributed by atoms with Crippen LogP contribution in [0.5, 0.6) is 0 Å². The first-order chi connectivity index (χ1) is 13.0. The Morgan fingerprint density at radius 3 is 1.63 bits per heavy atom. The van der Waals surface area contributed by atoms with Crippen molar-refractivity contribution in [2.75, 3.05) is 14.2 Å². The number of hydrogen-bond donors (Lipinski definition) is 0. The van der Waals surface area contributed by atoms with Crippen LogP contribution in [0, 0.1) is 5.92 Å². The fourth-order valence-electron chi connectivity index (χ4n) is 3.67. The van der Waals surface area contributed by atoms with Crippen molar-refractivity contribution < 1.29 is 19.1 Å². The van der Waals surface area contributed by atoms with Crippen molar-refractivity contribution in [2.24, 2.45) is 5.92 Å². The molecule has 0 aromatic heterocycles. The number of carbonyl (C=O) groups excluding carboxylic acids is 2. The summed E-state index contributed by atoms with van der Waals surface area (Å²) in [4.78, 5) is 23.5. The van der Waals surface area contributed by atoms with Crippen LogP contribution in [0.25, 0.3) is 0 Å². The maximum absolute atomic E-state index is 11.8. The Morgan fingerprint density at radius 2 is 1.26 bits per heavy atom. The Morgan fingerprint density at radius 1 is 0.815 bits per heavy atom. The van der Waals surface area contributed by atoms with Crippen LogP contribution < -0.4 is 0 Å². The van der Waals surface area contributed by atoms with Crippen LogP contribution >= 0.6 is 0 Å². The van der Waals surface area contributed by atoms with Crippen molar-refractivity contribution in [1.82, 2.24) is 0 Å². The molecule has 0 fully saturated rings. The molecular formula is C22H42O4Sn. The summed E-state index contributed by atoms with van der Waals surface area (Å²) in [5, 5.41) is 0. The second-order valence-electron chi connectivity index (χ2n) is 7.66. The zero-order valence-electron chi connectivity index (χ0n) is 18.4. The van der Waals surface area contributed by atoms with Gasteiger partial charge >= 0.3 is 172 Å². The number of esters is 2. The van der Waals surface area contributed by atoms with Crippen molar-refractivity contribution >= 4 is 30.3 Å². The molecule has 27 heavy (non-hydrogen) atoms. The molecule has 0 spiro atoms. The van der Waals surface area contributed by atoms with Crippen LogP contribution in [0.3, 0.4) is 0 Å². The first-order valence-corrected chi connectivity index (χ1v) is 18.9. The number of allylic oxidation sites excluding steroid dienone is 2. The molecule has 0 aliphatic carbocycles. The molecule has 4 nitrogen and oxygen atoms in total. The Bertz CT molecular complexity index is 396. The number of carbonyl (C=O) groups is 2. The summed E-state index contributed by atoms with van der Waals surface area (Å²) in [6.45, 7) is 6.89. The summed E-state index contributed by atoms with van der Waals surface area (Å²) in [6.07, 6.45) is 13.7. The van der Waals surface area contributed by atoms with Gasteiger partial charge in [0, 0.05) is 0 Å². The van der Waals surface area contributed by atoms with E-state index in [1.165, 1.54) is 70.5 Å². The number of rotatable bonds is 16. The maximum atomic E-state index is 11.8. The quantitative estimate of drug-likeness (QED) is 0.113. The minimum absolute atomic E-state index is 0.456. The third-order valence-corrected chi connectivity index (χ3v) is 20.7. The summed E-state index contributed by atoms with van der Waals surface area (Å²) < 4.78 is 15.3. The number of hydrogen-bond acceptors (Lipinski definition) is 4. The van der Waals surface area contributed by atoms with Crippen molar-refractivity contribution in [3.8, 4) is 0 Å². The molecule has 0 unspecified atom stereocenters. The van der Waals surface area contributed by atoms with E-state index in [2.05, 4.69) is 32.9 Å². The monoisotopic (exact) mass is 490 g/mol. The van der Waals surface area contributed by atoms with E-state index >= 15 is 0 Å². The van der Waals surface area contributed by atoms with Crippen molar-refractivity contribution in [2.45, 2.75) is 89.9 Å². The normalized spacial score (nSPS) is 11.9. The summed E-state index contributed by atoms with van der Waals surface area (Å²) in [5.74, 6) is -1.81. The van der Waals surface area contributed by atoms with Gasteiger partial charge in [0.05, 0.1) is 0 Å². The fourth-order valence-corrected chi connectivity index (χ4v) is 18.9. The first kappa shape index (κ1) is 26.5. The Labute approximate surface area is 171 Å². The molecule has 0 amide bonds. The van der Waals surface area contributed by atoms with Crippen molar-refractivity contribution in [3.05, 3.63) is 12.2 Å². The van der Waals surface area contributed by atoms with E-state index in [1.54, 1.807) is 0 Å². The van der Waals surface area contributed by atoms with Gasteiger partial charge in [-0.1, -0.05) is 0 Å². The Kier molecular flexibility index (Phi) is 16.1. The molecule has 158 valence electrons. The van der Waals surface area contributed by atoms with E-state index in [-0.39, 0.29) is 0 Å². The zero-order valence-corrected chi connectivity index (χ0v) is 21.2. The van der Waals surface area contributed by atoms with Crippen molar-refractivity contribution in [1.29, 1.82) is 0 Å². The predicted molar refractivity (Wildman–Crippen MR) is 116 cm³/mol. The molecule has 0 bridgehead atoms. The number of ether oxygens (including phenoxy) is 2. The standard InChI is InChI=1S/C10H15O4.3C4H9.Sn/c1-4-5-6-7-8(9(11)13-2)10(12)14-3;3*1-3-4-2;/h4-5,8H,1,6-7H2,2-3H3;3*1,3-4H2,2H3;/b5-4+;;;;. The van der Waals surface area contributed by atoms with Gasteiger partial charge in [0.1, 0.15) is 0 Å². The van der Waals surface area contributed by atoms with E-state index in [0.29, 0.717) is 12.8 Å². The number of unbranched alkanes of at least 4 members (excludes halogenated alkanes) is 3. The van der Waals surface area contributed by atoms with E-state index in [0.717, 1.165) is 0 Å². The van der Waals surface area contributed by atoms with Gasteiger partial charge in [-0.15, -0.1) is 0 Å². The molecule has 0 atom stereocenters. The fraction of sp³-hybridized carbons (Fsp3) is 0.818. The third-order valence-electron chi connectivity index (χ3n) is 5.49. The van der Waals surface area contributed by atoms with Crippen LogP contribution in [-0.4, -0.2) is 44.5 Å². The Hall–Kier alpha value is -0.521. The van der Waals surface area contributed by atoms with E-state index < -0.39 is 36.2 Å². The second-order valence-corrected chi connectivity index (χ2v) is 21.7. The summed E-state index contributed by atoms with van der Waals surface area (Å²) in [7, 11) is 2.62. The SMILES string of the molecule is CCC[CH2][Sn]([CH2]/C=C/CCC(C(=O)OC)C(=O)OC)([CH2]CCC)[CH2]CCC. The van der Waals surface area contributed by atoms with Crippen LogP contribution in [0.15, 0.2) is 12.2 Å². The average Bonchev–Trinajstić information content (AvgIpc) is 2.70. The van der Waals surface area contributed by atoms with Crippen molar-refractivity contribution in [3.63, 3.8) is 0 Å². The molecule has 0 radical (unpaired) electrons. The van der Waals surface area contributed by atoms with Crippen LogP contribution in [0.2, 0.25) is 17.7 Å². The molecule has 5 heteroatoms. The molecule has 0 aliphatic heterocycles. The molecule has 0 aliphatic rings. The van der Waals surface area contributed by atoms with Gasteiger partial charge in [-0.2, -0.15) is 0 Å². The molecule has 0 N–H and O–H groups in total. The van der Waals surface area contributed by atoms with Crippen LogP contribution in [0.4, 0.5) is 0 Å². The Balaban J connectivity index is 4.85. The molecule has 0 aromatic rings. The van der Waals surface area contributed by atoms with E-state index in [9.17, 15) is 9.59 Å². The molecular weight excluding hydrogens is 447 g/mol. The number of methoxy groups -OCH3 is 2. The predicted octanol–water partition coefficient (Wildman–Crippen LogP) is 6.13. The minimum atomic E-state index is -2.12. The first-order valence-electron chi connectivity index (χ1n) is 10.8. The van der Waals surface area contributed by atoms with Gasteiger partial charge < -0.3 is 0 Å². The van der Waals surface area contributed by atoms with E-state index in [1.807, 2.05) is 0 Å². The molecule has 0 saturated carbocycles. The van der Waals surface area contributed by atoms with Gasteiger partial charge in [0.15, 0.2) is 0 Å². The molecule has 0 aromatic carbocycles. The van der Waals surface area contributed by atoms with Gasteiger partial charge in [-0.05, 0) is 0 Å². The third kappa shape index (κ3) is 11.2. The van der Waals surface area contributed by atoms with Gasteiger partial charge in [-0.25, -0.2) is 0 Å². The molecule has 0 rings (SSSR count). The molecule has 0 saturated heterocycles. The molecule has 0 heterocycles. The van der Waals surface area contributed by atoms with Gasteiger partial charge in [0.2, 0.25) is 0 Å². The zero-order chi connectivity index (χ0) is 20.5. The van der Waals surface area contributed by atoms with Crippen LogP contribution in [-0.2, 0) is 19.1 Å². The van der Waals surface area contributed by atoms with E-state index in [4.69, 9.17) is 9.47 Å². The average molecular weight is 489 g/mol. The second kappa shape index (κ2) is 16.4.